The lowest BCUT2D eigenvalue weighted by Crippen LogP contribution is -2.34. The number of aliphatic carboxylic acids is 1. The molecule has 0 aromatic heterocycles. The molecular formula is C48H78NO10P. The highest BCUT2D eigenvalue weighted by molar-refractivity contribution is 7.47. The van der Waals surface area contributed by atoms with Crippen LogP contribution >= 0.6 is 7.82 Å². The molecule has 12 heteroatoms. The fourth-order valence-electron chi connectivity index (χ4n) is 5.33. The fourth-order valence-corrected chi connectivity index (χ4v) is 6.11. The maximum Gasteiger partial charge on any atom is 0.472 e. The van der Waals surface area contributed by atoms with Gasteiger partial charge in [0, 0.05) is 12.8 Å². The van der Waals surface area contributed by atoms with E-state index in [1.54, 1.807) is 0 Å². The lowest BCUT2D eigenvalue weighted by molar-refractivity contribution is -0.161. The Balaban J connectivity index is 4.49. The number of nitrogens with two attached hydrogens (primary N) is 1. The van der Waals surface area contributed by atoms with Crippen molar-refractivity contribution in [3.05, 3.63) is 97.2 Å². The minimum Gasteiger partial charge on any atom is -0.480 e. The third-order valence-corrected chi connectivity index (χ3v) is 9.77. The van der Waals surface area contributed by atoms with Crippen LogP contribution in [0.3, 0.4) is 0 Å². The van der Waals surface area contributed by atoms with Crippen molar-refractivity contribution < 1.29 is 47.5 Å². The van der Waals surface area contributed by atoms with Gasteiger partial charge in [0.1, 0.15) is 12.6 Å². The van der Waals surface area contributed by atoms with E-state index >= 15 is 0 Å². The number of esters is 2. The lowest BCUT2D eigenvalue weighted by Gasteiger charge is -2.20. The average molecular weight is 860 g/mol. The van der Waals surface area contributed by atoms with E-state index in [2.05, 4.69) is 116 Å². The first-order chi connectivity index (χ1) is 29.1. The molecule has 0 aliphatic rings. The van der Waals surface area contributed by atoms with Crippen molar-refractivity contribution in [2.45, 2.75) is 167 Å². The number of hydrogen-bond acceptors (Lipinski definition) is 9. The Labute approximate surface area is 362 Å². The minimum atomic E-state index is -4.74. The van der Waals surface area contributed by atoms with Crippen LogP contribution in [0.2, 0.25) is 0 Å². The van der Waals surface area contributed by atoms with Crippen LogP contribution in [0.1, 0.15) is 155 Å². The summed E-state index contributed by atoms with van der Waals surface area (Å²) in [4.78, 5) is 46.0. The number of carbonyl (C=O) groups is 3. The molecule has 0 saturated heterocycles. The van der Waals surface area contributed by atoms with Crippen molar-refractivity contribution >= 4 is 25.7 Å². The SMILES string of the molecule is CC/C=C/C/C=C/C/C=C/C/C=C/C/C=C/CCCCCC(=O)O[C@H](COC(=O)CCCCCC/C=C/C/C=C/C/C=C/CCCCC)COP(=O)(O)OC[C@H](N)C(=O)O. The normalized spacial score (nSPS) is 14.6. The molecule has 340 valence electrons. The van der Waals surface area contributed by atoms with E-state index in [1.165, 1.54) is 19.3 Å². The van der Waals surface area contributed by atoms with Gasteiger partial charge in [-0.2, -0.15) is 0 Å². The maximum absolute atomic E-state index is 12.6. The summed E-state index contributed by atoms with van der Waals surface area (Å²) in [5.41, 5.74) is 5.33. The number of rotatable bonds is 40. The average Bonchev–Trinajstić information content (AvgIpc) is 3.22. The smallest absolute Gasteiger partial charge is 0.472 e. The monoisotopic (exact) mass is 860 g/mol. The fraction of sp³-hybridized carbons (Fsp3) is 0.604. The van der Waals surface area contributed by atoms with Gasteiger partial charge >= 0.3 is 25.7 Å². The number of ether oxygens (including phenoxy) is 2. The molecule has 3 atom stereocenters. The van der Waals surface area contributed by atoms with Crippen molar-refractivity contribution in [2.75, 3.05) is 19.8 Å². The number of unbranched alkanes of at least 4 members (excludes halogenated alkanes) is 10. The minimum absolute atomic E-state index is 0.111. The first kappa shape index (κ1) is 56.4. The number of carboxylic acids is 1. The molecule has 0 aromatic carbocycles. The quantitative estimate of drug-likeness (QED) is 0.0232. The van der Waals surface area contributed by atoms with E-state index < -0.39 is 51.1 Å². The Morgan fingerprint density at radius 1 is 0.533 bits per heavy atom. The second kappa shape index (κ2) is 42.1. The molecule has 0 fully saturated rings. The van der Waals surface area contributed by atoms with E-state index in [1.807, 2.05) is 0 Å². The summed E-state index contributed by atoms with van der Waals surface area (Å²) in [6.07, 6.45) is 53.2. The Hall–Kier alpha value is -3.60. The van der Waals surface area contributed by atoms with E-state index in [4.69, 9.17) is 24.8 Å². The first-order valence-corrected chi connectivity index (χ1v) is 23.8. The van der Waals surface area contributed by atoms with Crippen LogP contribution in [0.5, 0.6) is 0 Å². The molecule has 0 heterocycles. The van der Waals surface area contributed by atoms with E-state index in [9.17, 15) is 23.8 Å². The van der Waals surface area contributed by atoms with Crippen molar-refractivity contribution in [3.8, 4) is 0 Å². The summed E-state index contributed by atoms with van der Waals surface area (Å²) in [7, 11) is -4.74. The molecule has 0 amide bonds. The van der Waals surface area contributed by atoms with Crippen molar-refractivity contribution in [2.24, 2.45) is 5.73 Å². The predicted octanol–water partition coefficient (Wildman–Crippen LogP) is 12.1. The molecule has 0 aliphatic carbocycles. The zero-order valence-corrected chi connectivity index (χ0v) is 37.6. The number of carbonyl (C=O) groups excluding carboxylic acids is 2. The molecule has 60 heavy (non-hydrogen) atoms. The van der Waals surface area contributed by atoms with E-state index in [0.717, 1.165) is 96.3 Å². The van der Waals surface area contributed by atoms with Gasteiger partial charge in [0.2, 0.25) is 0 Å². The molecule has 0 saturated carbocycles. The van der Waals surface area contributed by atoms with Crippen molar-refractivity contribution in [1.29, 1.82) is 0 Å². The third-order valence-electron chi connectivity index (χ3n) is 8.82. The van der Waals surface area contributed by atoms with Crippen LogP contribution in [-0.2, 0) is 37.5 Å². The van der Waals surface area contributed by atoms with Gasteiger partial charge < -0.3 is 25.2 Å². The first-order valence-electron chi connectivity index (χ1n) is 22.3. The summed E-state index contributed by atoms with van der Waals surface area (Å²) in [5.74, 6) is -2.46. The number of phosphoric ester groups is 1. The number of hydrogen-bond donors (Lipinski definition) is 3. The van der Waals surface area contributed by atoms with Gasteiger partial charge in [0.05, 0.1) is 13.2 Å². The molecule has 4 N–H and O–H groups in total. The third kappa shape index (κ3) is 41.1. The summed E-state index contributed by atoms with van der Waals surface area (Å²) in [6.45, 7) is 2.59. The van der Waals surface area contributed by atoms with Gasteiger partial charge in [0.25, 0.3) is 0 Å². The molecule has 0 rings (SSSR count). The molecule has 1 unspecified atom stereocenters. The van der Waals surface area contributed by atoms with Gasteiger partial charge in [0.15, 0.2) is 6.10 Å². The zero-order valence-electron chi connectivity index (χ0n) is 36.8. The molecule has 0 spiro atoms. The summed E-state index contributed by atoms with van der Waals surface area (Å²) in [5, 5.41) is 8.90. The summed E-state index contributed by atoms with van der Waals surface area (Å²) in [6, 6.07) is -1.54. The van der Waals surface area contributed by atoms with Crippen LogP contribution in [0.25, 0.3) is 0 Å². The van der Waals surface area contributed by atoms with Crippen molar-refractivity contribution in [1.82, 2.24) is 0 Å². The molecule has 0 bridgehead atoms. The van der Waals surface area contributed by atoms with Gasteiger partial charge in [-0.25, -0.2) is 4.57 Å². The second-order valence-corrected chi connectivity index (χ2v) is 15.9. The highest BCUT2D eigenvalue weighted by Crippen LogP contribution is 2.43. The summed E-state index contributed by atoms with van der Waals surface area (Å²) < 4.78 is 32.7. The molecule has 0 aromatic rings. The highest BCUT2D eigenvalue weighted by Gasteiger charge is 2.28. The van der Waals surface area contributed by atoms with Crippen LogP contribution in [0.15, 0.2) is 97.2 Å². The molecule has 11 nitrogen and oxygen atoms in total. The van der Waals surface area contributed by atoms with E-state index in [-0.39, 0.29) is 19.4 Å². The van der Waals surface area contributed by atoms with Gasteiger partial charge in [-0.05, 0) is 96.3 Å². The van der Waals surface area contributed by atoms with Crippen LogP contribution in [0.4, 0.5) is 0 Å². The summed E-state index contributed by atoms with van der Waals surface area (Å²) >= 11 is 0. The number of phosphoric acid groups is 1. The van der Waals surface area contributed by atoms with Gasteiger partial charge in [-0.15, -0.1) is 0 Å². The van der Waals surface area contributed by atoms with E-state index in [0.29, 0.717) is 12.8 Å². The molecule has 0 radical (unpaired) electrons. The molecule has 0 aliphatic heterocycles. The van der Waals surface area contributed by atoms with Crippen LogP contribution < -0.4 is 5.73 Å². The Kier molecular flexibility index (Phi) is 39.6. The molecular weight excluding hydrogens is 781 g/mol. The Morgan fingerprint density at radius 3 is 1.40 bits per heavy atom. The Morgan fingerprint density at radius 2 is 0.933 bits per heavy atom. The number of allylic oxidation sites excluding steroid dienone is 16. The highest BCUT2D eigenvalue weighted by atomic mass is 31.2. The van der Waals surface area contributed by atoms with Crippen molar-refractivity contribution in [3.63, 3.8) is 0 Å². The van der Waals surface area contributed by atoms with Crippen LogP contribution in [0, 0.1) is 0 Å². The lowest BCUT2D eigenvalue weighted by atomic mass is 10.1. The zero-order chi connectivity index (χ0) is 44.2. The van der Waals surface area contributed by atoms with Gasteiger partial charge in [-0.1, -0.05) is 143 Å². The van der Waals surface area contributed by atoms with Crippen LogP contribution in [-0.4, -0.2) is 59.9 Å². The maximum atomic E-state index is 12.6. The standard InChI is InChI=1S/C48H78NO10P/c1-3-5-7-9-11-13-15-17-19-21-22-24-26-28-30-32-34-36-38-40-47(51)59-44(42-57-60(54,55)58-43-45(49)48(52)53)41-56-46(50)39-37-35-33-31-29-27-25-23-20-18-16-14-12-10-8-6-4-2/h5,7,11-14,17-20,22,24-25,27-28,30,44-45H,3-4,6,8-10,15-16,21,23,26,29,31-43,49H2,1-2H3,(H,52,53)(H,54,55)/b7-5+,13-11+,14-12+,19-17+,20-18+,24-22+,27-25+,30-28+/t44-,45+/m1/s1. The van der Waals surface area contributed by atoms with Gasteiger partial charge in [-0.3, -0.25) is 23.4 Å². The Bertz CT molecular complexity index is 1380. The predicted molar refractivity (Wildman–Crippen MR) is 244 cm³/mol. The largest absolute Gasteiger partial charge is 0.480 e. The topological polar surface area (TPSA) is 172 Å². The number of carboxylic acid groups (broad SMARTS) is 1. The second-order valence-electron chi connectivity index (χ2n) is 14.4.